The number of methoxy groups -OCH3 is 1. The molecule has 0 spiro atoms. The van der Waals surface area contributed by atoms with Crippen molar-refractivity contribution in [2.75, 3.05) is 12.4 Å². The van der Waals surface area contributed by atoms with Gasteiger partial charge in [0.05, 0.1) is 41.0 Å². The summed E-state index contributed by atoms with van der Waals surface area (Å²) in [4.78, 5) is 11.9. The minimum Gasteiger partial charge on any atom is -0.362 e. The number of halogens is 1. The number of carbonyl (C=O) groups is 1. The number of hydrogen-bond donors (Lipinski definition) is 1. The van der Waals surface area contributed by atoms with Crippen LogP contribution in [0.25, 0.3) is 0 Å². The van der Waals surface area contributed by atoms with Crippen molar-refractivity contribution in [3.8, 4) is 0 Å². The summed E-state index contributed by atoms with van der Waals surface area (Å²) in [6.07, 6.45) is 3.60. The predicted molar refractivity (Wildman–Crippen MR) is 79.2 cm³/mol. The van der Waals surface area contributed by atoms with Crippen molar-refractivity contribution in [2.24, 2.45) is 0 Å². The highest BCUT2D eigenvalue weighted by Gasteiger charge is 2.11. The average molecular weight is 312 g/mol. The average Bonchev–Trinajstić information content (AvgIpc) is 2.97. The molecule has 0 aliphatic heterocycles. The number of nitrogens with zero attached hydrogens (tertiary/aromatic N) is 4. The lowest BCUT2D eigenvalue weighted by Gasteiger charge is -2.05. The molecule has 0 aliphatic rings. The molecule has 0 saturated heterocycles. The molecule has 2 aromatic heterocycles. The Morgan fingerprint density at radius 1 is 1.48 bits per heavy atom. The number of aromatic nitrogens is 4. The highest BCUT2D eigenvalue weighted by atomic mass is 35.5. The predicted octanol–water partition coefficient (Wildman–Crippen LogP) is 1.98. The van der Waals surface area contributed by atoms with Gasteiger partial charge in [-0.15, -0.1) is 0 Å². The van der Waals surface area contributed by atoms with Gasteiger partial charge in [0.2, 0.25) is 5.91 Å². The fraction of sp³-hybridized carbons (Fsp3) is 0.462. The van der Waals surface area contributed by atoms with E-state index in [0.29, 0.717) is 30.4 Å². The topological polar surface area (TPSA) is 74.0 Å². The number of rotatable bonds is 6. The first-order valence-corrected chi connectivity index (χ1v) is 6.89. The zero-order valence-electron chi connectivity index (χ0n) is 12.3. The Balaban J connectivity index is 1.88. The molecule has 0 unspecified atom stereocenters. The van der Waals surface area contributed by atoms with Crippen LogP contribution in [0.5, 0.6) is 0 Å². The number of anilines is 1. The second-order valence-corrected chi connectivity index (χ2v) is 5.07. The van der Waals surface area contributed by atoms with Crippen molar-refractivity contribution in [3.63, 3.8) is 0 Å². The van der Waals surface area contributed by atoms with E-state index in [2.05, 4.69) is 15.5 Å². The Bertz CT molecular complexity index is 635. The molecule has 21 heavy (non-hydrogen) atoms. The van der Waals surface area contributed by atoms with Crippen LogP contribution in [0.1, 0.15) is 17.8 Å². The molecule has 1 amide bonds. The van der Waals surface area contributed by atoms with Crippen LogP contribution in [-0.4, -0.2) is 32.6 Å². The third-order valence-corrected chi connectivity index (χ3v) is 3.57. The van der Waals surface area contributed by atoms with E-state index in [1.165, 1.54) is 0 Å². The molecule has 1 N–H and O–H groups in total. The number of ether oxygens (including phenoxy) is 1. The fourth-order valence-corrected chi connectivity index (χ4v) is 2.09. The molecule has 0 aromatic carbocycles. The largest absolute Gasteiger partial charge is 0.362 e. The van der Waals surface area contributed by atoms with Crippen LogP contribution in [-0.2, 0) is 22.8 Å². The van der Waals surface area contributed by atoms with Gasteiger partial charge in [-0.3, -0.25) is 9.48 Å². The molecule has 0 atom stereocenters. The third kappa shape index (κ3) is 3.83. The lowest BCUT2D eigenvalue weighted by Crippen LogP contribution is -2.15. The number of amides is 1. The first-order chi connectivity index (χ1) is 10.0. The summed E-state index contributed by atoms with van der Waals surface area (Å²) >= 11 is 6.07. The standard InChI is InChI=1S/C13H18ClN5O2/c1-9-13(14)10(2)19(17-9)5-4-12(20)16-11-6-15-18(7-11)8-21-3/h6-7H,4-5,8H2,1-3H3,(H,16,20). The van der Waals surface area contributed by atoms with Crippen molar-refractivity contribution in [1.29, 1.82) is 0 Å². The molecule has 8 heteroatoms. The number of aryl methyl sites for hydroxylation is 2. The van der Waals surface area contributed by atoms with E-state index >= 15 is 0 Å². The number of hydrogen-bond acceptors (Lipinski definition) is 4. The maximum atomic E-state index is 11.9. The summed E-state index contributed by atoms with van der Waals surface area (Å²) < 4.78 is 8.28. The van der Waals surface area contributed by atoms with Gasteiger partial charge in [-0.05, 0) is 13.8 Å². The van der Waals surface area contributed by atoms with Gasteiger partial charge in [-0.1, -0.05) is 11.6 Å². The summed E-state index contributed by atoms with van der Waals surface area (Å²) in [5.74, 6) is -0.101. The SMILES string of the molecule is COCn1cc(NC(=O)CCn2nc(C)c(Cl)c2C)cn1. The Kier molecular flexibility index (Phi) is 4.98. The second kappa shape index (κ2) is 6.73. The van der Waals surface area contributed by atoms with Crippen molar-refractivity contribution in [3.05, 3.63) is 28.8 Å². The van der Waals surface area contributed by atoms with Crippen LogP contribution in [0.3, 0.4) is 0 Å². The highest BCUT2D eigenvalue weighted by molar-refractivity contribution is 6.31. The van der Waals surface area contributed by atoms with Crippen molar-refractivity contribution >= 4 is 23.2 Å². The van der Waals surface area contributed by atoms with E-state index in [4.69, 9.17) is 16.3 Å². The molecule has 2 rings (SSSR count). The lowest BCUT2D eigenvalue weighted by atomic mass is 10.3. The minimum absolute atomic E-state index is 0.101. The molecular formula is C13H18ClN5O2. The minimum atomic E-state index is -0.101. The van der Waals surface area contributed by atoms with Crippen molar-refractivity contribution < 1.29 is 9.53 Å². The Hall–Kier alpha value is -1.86. The molecule has 114 valence electrons. The van der Waals surface area contributed by atoms with Gasteiger partial charge in [-0.2, -0.15) is 10.2 Å². The lowest BCUT2D eigenvalue weighted by molar-refractivity contribution is -0.116. The zero-order valence-corrected chi connectivity index (χ0v) is 13.0. The molecule has 0 fully saturated rings. The van der Waals surface area contributed by atoms with Crippen LogP contribution in [0.15, 0.2) is 12.4 Å². The van der Waals surface area contributed by atoms with Crippen molar-refractivity contribution in [1.82, 2.24) is 19.6 Å². The van der Waals surface area contributed by atoms with Gasteiger partial charge in [0.15, 0.2) is 0 Å². The first-order valence-electron chi connectivity index (χ1n) is 6.52. The molecule has 0 radical (unpaired) electrons. The van der Waals surface area contributed by atoms with Crippen LogP contribution in [0, 0.1) is 13.8 Å². The van der Waals surface area contributed by atoms with Crippen LogP contribution in [0.2, 0.25) is 5.02 Å². The smallest absolute Gasteiger partial charge is 0.226 e. The summed E-state index contributed by atoms with van der Waals surface area (Å²) in [7, 11) is 1.58. The molecule has 0 bridgehead atoms. The van der Waals surface area contributed by atoms with E-state index in [1.54, 1.807) is 28.9 Å². The molecular weight excluding hydrogens is 294 g/mol. The van der Waals surface area contributed by atoms with E-state index < -0.39 is 0 Å². The molecule has 0 aliphatic carbocycles. The highest BCUT2D eigenvalue weighted by Crippen LogP contribution is 2.19. The maximum absolute atomic E-state index is 11.9. The van der Waals surface area contributed by atoms with Crippen molar-refractivity contribution in [2.45, 2.75) is 33.5 Å². The van der Waals surface area contributed by atoms with Crippen LogP contribution in [0.4, 0.5) is 5.69 Å². The zero-order chi connectivity index (χ0) is 15.4. The van der Waals surface area contributed by atoms with Gasteiger partial charge in [0.25, 0.3) is 0 Å². The fourth-order valence-electron chi connectivity index (χ4n) is 1.95. The summed E-state index contributed by atoms with van der Waals surface area (Å²) in [5.41, 5.74) is 2.29. The van der Waals surface area contributed by atoms with E-state index in [0.717, 1.165) is 11.4 Å². The van der Waals surface area contributed by atoms with Gasteiger partial charge in [0, 0.05) is 13.5 Å². The van der Waals surface area contributed by atoms with Gasteiger partial charge in [0.1, 0.15) is 6.73 Å². The second-order valence-electron chi connectivity index (χ2n) is 4.69. The normalized spacial score (nSPS) is 10.9. The molecule has 7 nitrogen and oxygen atoms in total. The van der Waals surface area contributed by atoms with Gasteiger partial charge < -0.3 is 10.1 Å². The number of nitrogens with one attached hydrogen (secondary N) is 1. The van der Waals surface area contributed by atoms with Gasteiger partial charge in [-0.25, -0.2) is 4.68 Å². The summed E-state index contributed by atoms with van der Waals surface area (Å²) in [6.45, 7) is 4.56. The van der Waals surface area contributed by atoms with E-state index in [-0.39, 0.29) is 5.91 Å². The van der Waals surface area contributed by atoms with E-state index in [9.17, 15) is 4.79 Å². The first kappa shape index (κ1) is 15.5. The van der Waals surface area contributed by atoms with Gasteiger partial charge >= 0.3 is 0 Å². The molecule has 2 heterocycles. The van der Waals surface area contributed by atoms with E-state index in [1.807, 2.05) is 13.8 Å². The summed E-state index contributed by atoms with van der Waals surface area (Å²) in [6, 6.07) is 0. The van der Waals surface area contributed by atoms with Crippen LogP contribution >= 0.6 is 11.6 Å². The van der Waals surface area contributed by atoms with Crippen LogP contribution < -0.4 is 5.32 Å². The summed E-state index contributed by atoms with van der Waals surface area (Å²) in [5, 5.41) is 11.8. The Morgan fingerprint density at radius 3 is 2.86 bits per heavy atom. The number of carbonyl (C=O) groups excluding carboxylic acids is 1. The Labute approximate surface area is 127 Å². The third-order valence-electron chi connectivity index (χ3n) is 3.02. The quantitative estimate of drug-likeness (QED) is 0.885. The molecule has 0 saturated carbocycles. The monoisotopic (exact) mass is 311 g/mol. The Morgan fingerprint density at radius 2 is 2.24 bits per heavy atom. The molecule has 2 aromatic rings. The maximum Gasteiger partial charge on any atom is 0.226 e.